The van der Waals surface area contributed by atoms with Crippen LogP contribution >= 0.6 is 0 Å². The lowest BCUT2D eigenvalue weighted by Gasteiger charge is -2.59. The Labute approximate surface area is 116 Å². The predicted molar refractivity (Wildman–Crippen MR) is 77.7 cm³/mol. The lowest BCUT2D eigenvalue weighted by atomic mass is 9.44. The molecule has 18 heavy (non-hydrogen) atoms. The van der Waals surface area contributed by atoms with Gasteiger partial charge in [0.2, 0.25) is 5.91 Å². The molecule has 0 aromatic rings. The molecule has 0 aliphatic carbocycles. The minimum Gasteiger partial charge on any atom is -0.366 e. The highest BCUT2D eigenvalue weighted by Gasteiger charge is 2.46. The molecule has 1 aliphatic heterocycles. The first-order valence-corrected chi connectivity index (χ1v) is 6.48. The van der Waals surface area contributed by atoms with Crippen molar-refractivity contribution < 1.29 is 4.79 Å². The summed E-state index contributed by atoms with van der Waals surface area (Å²) in [6.45, 7) is 7.72. The Kier molecular flexibility index (Phi) is 4.40. The minimum absolute atomic E-state index is 0.202. The average Bonchev–Trinajstić information content (AvgIpc) is 2.12. The summed E-state index contributed by atoms with van der Waals surface area (Å²) in [5.41, 5.74) is 0. The molecular weight excluding hydrogens is 217 g/mol. The SMILES string of the molecule is [B]C1([B])CC(C(C)C)CC([B])([B])N1C(=O)C(C)C. The fourth-order valence-corrected chi connectivity index (χ4v) is 2.62. The molecule has 1 amide bonds. The van der Waals surface area contributed by atoms with Crippen molar-refractivity contribution in [3.63, 3.8) is 0 Å². The highest BCUT2D eigenvalue weighted by atomic mass is 16.2. The Hall–Kier alpha value is -0.270. The van der Waals surface area contributed by atoms with Crippen molar-refractivity contribution in [3.05, 3.63) is 0 Å². The number of amides is 1. The molecule has 1 fully saturated rings. The number of piperidine rings is 1. The third kappa shape index (κ3) is 3.00. The summed E-state index contributed by atoms with van der Waals surface area (Å²) in [6.07, 6.45) is 1.03. The van der Waals surface area contributed by atoms with Gasteiger partial charge in [0.25, 0.3) is 0 Å². The predicted octanol–water partition coefficient (Wildman–Crippen LogP) is 0.519. The van der Waals surface area contributed by atoms with Crippen molar-refractivity contribution in [1.82, 2.24) is 4.90 Å². The number of hydrogen-bond donors (Lipinski definition) is 0. The Morgan fingerprint density at radius 2 is 1.44 bits per heavy atom. The lowest BCUT2D eigenvalue weighted by Crippen LogP contribution is -2.70. The van der Waals surface area contributed by atoms with Crippen LogP contribution in [0, 0.1) is 17.8 Å². The quantitative estimate of drug-likeness (QED) is 0.640. The van der Waals surface area contributed by atoms with Crippen LogP contribution in [0.25, 0.3) is 0 Å². The fourth-order valence-electron chi connectivity index (χ4n) is 2.62. The highest BCUT2D eigenvalue weighted by Crippen LogP contribution is 2.39. The maximum Gasteiger partial charge on any atom is 0.223 e. The largest absolute Gasteiger partial charge is 0.366 e. The zero-order chi connectivity index (χ0) is 14.3. The zero-order valence-electron chi connectivity index (χ0n) is 11.8. The number of carbonyl (C=O) groups is 1. The van der Waals surface area contributed by atoms with Crippen LogP contribution in [0.15, 0.2) is 0 Å². The smallest absolute Gasteiger partial charge is 0.223 e. The van der Waals surface area contributed by atoms with E-state index in [1.54, 1.807) is 13.8 Å². The number of rotatable bonds is 2. The van der Waals surface area contributed by atoms with Crippen LogP contribution in [0.3, 0.4) is 0 Å². The van der Waals surface area contributed by atoms with Crippen molar-refractivity contribution in [1.29, 1.82) is 0 Å². The summed E-state index contributed by atoms with van der Waals surface area (Å²) in [7, 11) is 24.3. The molecule has 0 bridgehead atoms. The van der Waals surface area contributed by atoms with Crippen LogP contribution in [0.4, 0.5) is 0 Å². The van der Waals surface area contributed by atoms with Gasteiger partial charge in [-0.25, -0.2) is 0 Å². The average molecular weight is 237 g/mol. The van der Waals surface area contributed by atoms with Crippen molar-refractivity contribution >= 4 is 37.3 Å². The Morgan fingerprint density at radius 3 is 1.72 bits per heavy atom. The molecule has 0 spiro atoms. The minimum atomic E-state index is -1.28. The van der Waals surface area contributed by atoms with Gasteiger partial charge in [0.1, 0.15) is 0 Å². The molecule has 1 aliphatic rings. The van der Waals surface area contributed by atoms with Gasteiger partial charge < -0.3 is 4.90 Å². The molecule has 1 heterocycles. The van der Waals surface area contributed by atoms with E-state index in [4.69, 9.17) is 31.4 Å². The van der Waals surface area contributed by atoms with Crippen LogP contribution < -0.4 is 0 Å². The lowest BCUT2D eigenvalue weighted by molar-refractivity contribution is -0.141. The second-order valence-electron chi connectivity index (χ2n) is 6.22. The second kappa shape index (κ2) is 5.01. The van der Waals surface area contributed by atoms with Gasteiger partial charge in [-0.2, -0.15) is 0 Å². The molecular formula is C12H19B4NO. The van der Waals surface area contributed by atoms with Crippen molar-refractivity contribution in [2.24, 2.45) is 17.8 Å². The summed E-state index contributed by atoms with van der Waals surface area (Å²) < 4.78 is 0. The number of nitrogens with zero attached hydrogens (tertiary/aromatic N) is 1. The zero-order valence-corrected chi connectivity index (χ0v) is 11.8. The fraction of sp³-hybridized carbons (Fsp3) is 0.917. The van der Waals surface area contributed by atoms with Gasteiger partial charge in [-0.3, -0.25) is 4.79 Å². The summed E-state index contributed by atoms with van der Waals surface area (Å²) >= 11 is 0. The maximum atomic E-state index is 12.2. The van der Waals surface area contributed by atoms with E-state index < -0.39 is 10.7 Å². The molecule has 8 radical (unpaired) electrons. The van der Waals surface area contributed by atoms with Crippen LogP contribution in [0.5, 0.6) is 0 Å². The highest BCUT2D eigenvalue weighted by molar-refractivity contribution is 6.45. The summed E-state index contributed by atoms with van der Waals surface area (Å²) in [6, 6.07) is 0. The summed E-state index contributed by atoms with van der Waals surface area (Å²) in [4.78, 5) is 13.5. The van der Waals surface area contributed by atoms with E-state index in [0.29, 0.717) is 18.8 Å². The van der Waals surface area contributed by atoms with Crippen molar-refractivity contribution in [2.75, 3.05) is 0 Å². The first kappa shape index (κ1) is 15.8. The van der Waals surface area contributed by atoms with E-state index in [2.05, 4.69) is 13.8 Å². The van der Waals surface area contributed by atoms with E-state index in [0.717, 1.165) is 0 Å². The summed E-state index contributed by atoms with van der Waals surface area (Å²) in [5.74, 6) is 0.149. The first-order valence-electron chi connectivity index (χ1n) is 6.48. The number of carbonyl (C=O) groups excluding carboxylic acids is 1. The van der Waals surface area contributed by atoms with E-state index in [1.807, 2.05) is 0 Å². The molecule has 0 unspecified atom stereocenters. The molecule has 2 nitrogen and oxygen atoms in total. The molecule has 1 saturated heterocycles. The monoisotopic (exact) mass is 237 g/mol. The van der Waals surface area contributed by atoms with Gasteiger partial charge in [0.05, 0.1) is 31.4 Å². The standard InChI is InChI=1S/C12H19B4NO/c1-7(2)9-5-11(13,14)17(10(18)8(3)4)12(15,16)6-9/h7-9H,5-6H2,1-4H3. The third-order valence-corrected chi connectivity index (χ3v) is 3.67. The topological polar surface area (TPSA) is 20.3 Å². The van der Waals surface area contributed by atoms with Gasteiger partial charge in [-0.15, -0.1) is 0 Å². The van der Waals surface area contributed by atoms with Crippen LogP contribution in [0.1, 0.15) is 40.5 Å². The molecule has 1 rings (SSSR count). The van der Waals surface area contributed by atoms with Crippen LogP contribution in [-0.2, 0) is 4.79 Å². The molecule has 0 atom stereocenters. The van der Waals surface area contributed by atoms with Gasteiger partial charge >= 0.3 is 0 Å². The molecule has 0 aromatic carbocycles. The molecule has 0 saturated carbocycles. The maximum absolute atomic E-state index is 12.2. The Bertz CT molecular complexity index is 310. The number of hydrogen-bond acceptors (Lipinski definition) is 1. The van der Waals surface area contributed by atoms with E-state index >= 15 is 0 Å². The van der Waals surface area contributed by atoms with E-state index in [1.165, 1.54) is 4.90 Å². The molecule has 90 valence electrons. The Balaban J connectivity index is 3.08. The van der Waals surface area contributed by atoms with Gasteiger partial charge in [0, 0.05) is 5.92 Å². The number of likely N-dealkylation sites (tertiary alicyclic amines) is 1. The normalized spacial score (nSPS) is 23.6. The molecule has 0 N–H and O–H groups in total. The van der Waals surface area contributed by atoms with Gasteiger partial charge in [-0.05, 0) is 35.4 Å². The summed E-state index contributed by atoms with van der Waals surface area (Å²) in [5, 5.41) is -2.56. The van der Waals surface area contributed by atoms with Crippen molar-refractivity contribution in [2.45, 2.75) is 51.2 Å². The Morgan fingerprint density at radius 1 is 1.06 bits per heavy atom. The first-order chi connectivity index (χ1) is 7.99. The van der Waals surface area contributed by atoms with Crippen LogP contribution in [-0.4, -0.2) is 52.9 Å². The second-order valence-corrected chi connectivity index (χ2v) is 6.22. The molecule has 0 aromatic heterocycles. The van der Waals surface area contributed by atoms with Gasteiger partial charge in [0.15, 0.2) is 0 Å². The van der Waals surface area contributed by atoms with Crippen LogP contribution in [0.2, 0.25) is 0 Å². The van der Waals surface area contributed by atoms with E-state index in [-0.39, 0.29) is 17.7 Å². The molecule has 6 heteroatoms. The van der Waals surface area contributed by atoms with Gasteiger partial charge in [-0.1, -0.05) is 27.7 Å². The van der Waals surface area contributed by atoms with E-state index in [9.17, 15) is 4.79 Å². The third-order valence-electron chi connectivity index (χ3n) is 3.67. The van der Waals surface area contributed by atoms with Crippen molar-refractivity contribution in [3.8, 4) is 0 Å².